The number of carbonyl (C=O) groups excluding carboxylic acids is 1. The van der Waals surface area contributed by atoms with Crippen LogP contribution >= 0.6 is 11.3 Å². The minimum absolute atomic E-state index is 0.189. The zero-order valence-corrected chi connectivity index (χ0v) is 14.2. The Balaban J connectivity index is 1.80. The summed E-state index contributed by atoms with van der Waals surface area (Å²) in [5.41, 5.74) is 0. The Hall–Kier alpha value is -1.21. The van der Waals surface area contributed by atoms with Gasteiger partial charge in [-0.15, -0.1) is 10.2 Å². The van der Waals surface area contributed by atoms with Crippen molar-refractivity contribution in [1.29, 1.82) is 0 Å². The van der Waals surface area contributed by atoms with Crippen LogP contribution in [0.25, 0.3) is 0 Å². The van der Waals surface area contributed by atoms with E-state index in [1.807, 2.05) is 0 Å². The summed E-state index contributed by atoms with van der Waals surface area (Å²) in [7, 11) is 0. The molecule has 3 N–H and O–H groups in total. The maximum Gasteiger partial charge on any atom is 0.321 e. The van der Waals surface area contributed by atoms with Gasteiger partial charge in [0, 0.05) is 18.6 Å². The fourth-order valence-corrected chi connectivity index (χ4v) is 3.90. The van der Waals surface area contributed by atoms with Crippen LogP contribution in [-0.2, 0) is 0 Å². The quantitative estimate of drug-likeness (QED) is 0.749. The predicted molar refractivity (Wildman–Crippen MR) is 88.2 cm³/mol. The van der Waals surface area contributed by atoms with Gasteiger partial charge in [-0.05, 0) is 44.4 Å². The molecule has 0 aromatic carbocycles. The summed E-state index contributed by atoms with van der Waals surface area (Å²) in [5, 5.41) is 24.7. The van der Waals surface area contributed by atoms with Crippen molar-refractivity contribution < 1.29 is 9.90 Å². The number of rotatable bonds is 6. The lowest BCUT2D eigenvalue weighted by molar-refractivity contribution is 0.176. The van der Waals surface area contributed by atoms with E-state index in [0.29, 0.717) is 17.0 Å². The van der Waals surface area contributed by atoms with Gasteiger partial charge in [-0.2, -0.15) is 0 Å². The molecule has 0 spiro atoms. The van der Waals surface area contributed by atoms with Crippen molar-refractivity contribution in [2.45, 2.75) is 64.3 Å². The lowest BCUT2D eigenvalue weighted by Crippen LogP contribution is -2.40. The van der Waals surface area contributed by atoms with E-state index < -0.39 is 0 Å². The van der Waals surface area contributed by atoms with Crippen molar-refractivity contribution in [3.63, 3.8) is 0 Å². The summed E-state index contributed by atoms with van der Waals surface area (Å²) >= 11 is 1.46. The van der Waals surface area contributed by atoms with Gasteiger partial charge in [-0.25, -0.2) is 4.79 Å². The summed E-state index contributed by atoms with van der Waals surface area (Å²) in [6.45, 7) is 4.53. The minimum Gasteiger partial charge on any atom is -0.396 e. The SMILES string of the molecule is CCC(CC)c1nnc(NC(=O)NC2CCC(CO)CC2)s1. The highest BCUT2D eigenvalue weighted by molar-refractivity contribution is 7.15. The molecule has 0 aliphatic heterocycles. The molecule has 0 atom stereocenters. The van der Waals surface area contributed by atoms with E-state index in [1.54, 1.807) is 0 Å². The topological polar surface area (TPSA) is 87.1 Å². The molecule has 1 aliphatic carbocycles. The molecule has 6 nitrogen and oxygen atoms in total. The number of hydrogen-bond donors (Lipinski definition) is 3. The Morgan fingerprint density at radius 2 is 1.95 bits per heavy atom. The van der Waals surface area contributed by atoms with Crippen LogP contribution in [0.1, 0.15) is 63.3 Å². The molecule has 7 heteroatoms. The lowest BCUT2D eigenvalue weighted by atomic mass is 9.87. The van der Waals surface area contributed by atoms with Gasteiger partial charge >= 0.3 is 6.03 Å². The number of nitrogens with zero attached hydrogens (tertiary/aromatic N) is 2. The third-order valence-electron chi connectivity index (χ3n) is 4.44. The molecule has 0 unspecified atom stereocenters. The average molecular weight is 326 g/mol. The van der Waals surface area contributed by atoms with E-state index in [9.17, 15) is 4.79 Å². The van der Waals surface area contributed by atoms with Gasteiger partial charge in [0.1, 0.15) is 5.01 Å². The highest BCUT2D eigenvalue weighted by atomic mass is 32.1. The zero-order valence-electron chi connectivity index (χ0n) is 13.3. The first-order chi connectivity index (χ1) is 10.7. The van der Waals surface area contributed by atoms with Gasteiger partial charge in [0.25, 0.3) is 0 Å². The van der Waals surface area contributed by atoms with E-state index in [4.69, 9.17) is 5.11 Å². The maximum absolute atomic E-state index is 12.0. The summed E-state index contributed by atoms with van der Waals surface area (Å²) in [4.78, 5) is 12.0. The van der Waals surface area contributed by atoms with Crippen LogP contribution < -0.4 is 10.6 Å². The molecule has 22 heavy (non-hydrogen) atoms. The predicted octanol–water partition coefficient (Wildman–Crippen LogP) is 3.11. The van der Waals surface area contributed by atoms with Crippen LogP contribution in [0.3, 0.4) is 0 Å². The number of urea groups is 1. The first-order valence-electron chi connectivity index (χ1n) is 8.18. The van der Waals surface area contributed by atoms with Crippen LogP contribution in [-0.4, -0.2) is 34.0 Å². The van der Waals surface area contributed by atoms with Crippen molar-refractivity contribution in [2.24, 2.45) is 5.92 Å². The number of amides is 2. The van der Waals surface area contributed by atoms with Crippen LogP contribution in [0.5, 0.6) is 0 Å². The standard InChI is InChI=1S/C15H26N4O2S/c1-3-11(4-2)13-18-19-15(22-13)17-14(21)16-12-7-5-10(9-20)6-8-12/h10-12,20H,3-9H2,1-2H3,(H2,16,17,19,21). The highest BCUT2D eigenvalue weighted by Crippen LogP contribution is 2.28. The first-order valence-corrected chi connectivity index (χ1v) is 8.99. The number of aromatic nitrogens is 2. The number of anilines is 1. The smallest absolute Gasteiger partial charge is 0.321 e. The maximum atomic E-state index is 12.0. The fourth-order valence-electron chi connectivity index (χ4n) is 2.90. The molecule has 2 rings (SSSR count). The summed E-state index contributed by atoms with van der Waals surface area (Å²) < 4.78 is 0. The molecule has 2 amide bonds. The van der Waals surface area contributed by atoms with Crippen LogP contribution in [0.15, 0.2) is 0 Å². The number of nitrogens with one attached hydrogen (secondary N) is 2. The van der Waals surface area contributed by atoms with E-state index in [0.717, 1.165) is 43.5 Å². The Bertz CT molecular complexity index is 468. The molecule has 1 fully saturated rings. The molecular weight excluding hydrogens is 300 g/mol. The summed E-state index contributed by atoms with van der Waals surface area (Å²) in [6.07, 6.45) is 5.86. The molecule has 1 aromatic rings. The van der Waals surface area contributed by atoms with Crippen LogP contribution in [0.4, 0.5) is 9.93 Å². The van der Waals surface area contributed by atoms with Crippen molar-refractivity contribution >= 4 is 22.5 Å². The summed E-state index contributed by atoms with van der Waals surface area (Å²) in [5.74, 6) is 0.816. The van der Waals surface area contributed by atoms with E-state index in [-0.39, 0.29) is 18.7 Å². The number of aliphatic hydroxyl groups is 1. The second kappa shape index (κ2) is 8.43. The largest absolute Gasteiger partial charge is 0.396 e. The molecule has 1 aromatic heterocycles. The second-order valence-electron chi connectivity index (χ2n) is 5.96. The number of carbonyl (C=O) groups is 1. The molecule has 124 valence electrons. The van der Waals surface area contributed by atoms with Crippen molar-refractivity contribution in [1.82, 2.24) is 15.5 Å². The van der Waals surface area contributed by atoms with Gasteiger partial charge < -0.3 is 10.4 Å². The number of hydrogen-bond acceptors (Lipinski definition) is 5. The van der Waals surface area contributed by atoms with E-state index in [2.05, 4.69) is 34.7 Å². The fraction of sp³-hybridized carbons (Fsp3) is 0.800. The Kier molecular flexibility index (Phi) is 6.57. The van der Waals surface area contributed by atoms with Crippen molar-refractivity contribution in [3.05, 3.63) is 5.01 Å². The van der Waals surface area contributed by atoms with Gasteiger partial charge in [0.05, 0.1) is 0 Å². The van der Waals surface area contributed by atoms with Gasteiger partial charge in [-0.1, -0.05) is 25.2 Å². The van der Waals surface area contributed by atoms with E-state index >= 15 is 0 Å². The normalized spacial score (nSPS) is 21.8. The van der Waals surface area contributed by atoms with Gasteiger partial charge in [0.15, 0.2) is 0 Å². The summed E-state index contributed by atoms with van der Waals surface area (Å²) in [6, 6.07) is -0.0195. The Morgan fingerprint density at radius 1 is 1.27 bits per heavy atom. The highest BCUT2D eigenvalue weighted by Gasteiger charge is 2.22. The molecule has 0 saturated heterocycles. The third-order valence-corrected chi connectivity index (χ3v) is 5.44. The average Bonchev–Trinajstić information content (AvgIpc) is 2.97. The molecule has 1 heterocycles. The van der Waals surface area contributed by atoms with Gasteiger partial charge in [-0.3, -0.25) is 5.32 Å². The molecule has 1 saturated carbocycles. The first kappa shape index (κ1) is 17.1. The second-order valence-corrected chi connectivity index (χ2v) is 6.97. The van der Waals surface area contributed by atoms with E-state index in [1.165, 1.54) is 11.3 Å². The van der Waals surface area contributed by atoms with Crippen LogP contribution in [0.2, 0.25) is 0 Å². The Labute approximate surface area is 135 Å². The van der Waals surface area contributed by atoms with Crippen LogP contribution in [0, 0.1) is 5.92 Å². The lowest BCUT2D eigenvalue weighted by Gasteiger charge is -2.27. The minimum atomic E-state index is -0.209. The van der Waals surface area contributed by atoms with Crippen molar-refractivity contribution in [3.8, 4) is 0 Å². The Morgan fingerprint density at radius 3 is 2.55 bits per heavy atom. The molecule has 1 aliphatic rings. The molecule has 0 radical (unpaired) electrons. The zero-order chi connectivity index (χ0) is 15.9. The van der Waals surface area contributed by atoms with Gasteiger partial charge in [0.2, 0.25) is 5.13 Å². The molecule has 0 bridgehead atoms. The molecular formula is C15H26N4O2S. The third kappa shape index (κ3) is 4.64. The monoisotopic (exact) mass is 326 g/mol. The van der Waals surface area contributed by atoms with Crippen molar-refractivity contribution in [2.75, 3.05) is 11.9 Å². The number of aliphatic hydroxyl groups excluding tert-OH is 1.